The monoisotopic (exact) mass is 386 g/mol. The maximum absolute atomic E-state index is 12.3. The average molecular weight is 386 g/mol. The molecule has 1 aliphatic heterocycles. The quantitative estimate of drug-likeness (QED) is 0.699. The van der Waals surface area contributed by atoms with Crippen LogP contribution in [0, 0.1) is 12.8 Å². The fraction of sp³-hybridized carbons (Fsp3) is 0.650. The summed E-state index contributed by atoms with van der Waals surface area (Å²) in [6.07, 6.45) is -1.46. The van der Waals surface area contributed by atoms with Crippen molar-refractivity contribution in [3.63, 3.8) is 0 Å². The molecule has 7 heteroatoms. The molecule has 1 amide bonds. The molecule has 1 aromatic rings. The van der Waals surface area contributed by atoms with Gasteiger partial charge in [-0.25, -0.2) is 0 Å². The normalized spacial score (nSPS) is 18.3. The lowest BCUT2D eigenvalue weighted by Gasteiger charge is -2.32. The fourth-order valence-corrected chi connectivity index (χ4v) is 3.54. The number of amides is 1. The maximum atomic E-state index is 12.3. The van der Waals surface area contributed by atoms with Gasteiger partial charge in [-0.1, -0.05) is 0 Å². The van der Waals surface area contributed by atoms with Crippen LogP contribution in [0.2, 0.25) is 0 Å². The molecular formula is C20H29F3N2O2. The standard InChI is InChI=1S/C20H29F3N2O2/c1-15-13-17(27-2)7-8-18(15)24-19(26)9-6-16-5-3-11-25(14-16)12-4-10-20(21,22)23/h7-8,13,16H,3-6,9-12,14H2,1-2H3,(H,24,26)/t16-/m0/s1. The van der Waals surface area contributed by atoms with Gasteiger partial charge in [0, 0.05) is 25.1 Å². The van der Waals surface area contributed by atoms with Gasteiger partial charge in [0.2, 0.25) is 5.91 Å². The number of halogens is 3. The summed E-state index contributed by atoms with van der Waals surface area (Å²) < 4.78 is 42.0. The Morgan fingerprint density at radius 1 is 1.37 bits per heavy atom. The largest absolute Gasteiger partial charge is 0.497 e. The first kappa shape index (κ1) is 21.5. The predicted molar refractivity (Wildman–Crippen MR) is 100 cm³/mol. The molecule has 0 saturated carbocycles. The molecule has 1 saturated heterocycles. The molecule has 152 valence electrons. The first-order valence-electron chi connectivity index (χ1n) is 9.50. The molecule has 1 aliphatic rings. The number of hydrogen-bond donors (Lipinski definition) is 1. The van der Waals surface area contributed by atoms with Crippen LogP contribution in [-0.2, 0) is 4.79 Å². The Kier molecular flexibility index (Phi) is 7.95. The van der Waals surface area contributed by atoms with Gasteiger partial charge in [0.05, 0.1) is 7.11 Å². The number of carbonyl (C=O) groups is 1. The third-order valence-corrected chi connectivity index (χ3v) is 5.03. The van der Waals surface area contributed by atoms with Gasteiger partial charge in [-0.2, -0.15) is 13.2 Å². The van der Waals surface area contributed by atoms with Crippen LogP contribution >= 0.6 is 0 Å². The van der Waals surface area contributed by atoms with Gasteiger partial charge in [-0.05, 0) is 75.4 Å². The van der Waals surface area contributed by atoms with Gasteiger partial charge in [0.25, 0.3) is 0 Å². The molecule has 4 nitrogen and oxygen atoms in total. The molecule has 0 aromatic heterocycles. The lowest BCUT2D eigenvalue weighted by Crippen LogP contribution is -2.36. The molecule has 0 aliphatic carbocycles. The fourth-order valence-electron chi connectivity index (χ4n) is 3.54. The Morgan fingerprint density at radius 2 is 2.15 bits per heavy atom. The molecule has 0 unspecified atom stereocenters. The number of rotatable bonds is 8. The number of hydrogen-bond acceptors (Lipinski definition) is 3. The van der Waals surface area contributed by atoms with E-state index in [0.29, 0.717) is 18.9 Å². The highest BCUT2D eigenvalue weighted by Gasteiger charge is 2.27. The zero-order chi connectivity index (χ0) is 19.9. The van der Waals surface area contributed by atoms with Crippen LogP contribution < -0.4 is 10.1 Å². The van der Waals surface area contributed by atoms with Crippen molar-refractivity contribution in [1.82, 2.24) is 4.90 Å². The van der Waals surface area contributed by atoms with Gasteiger partial charge in [0.1, 0.15) is 5.75 Å². The molecule has 0 radical (unpaired) electrons. The summed E-state index contributed by atoms with van der Waals surface area (Å²) in [7, 11) is 1.60. The van der Waals surface area contributed by atoms with Crippen LogP contribution in [0.4, 0.5) is 18.9 Å². The number of aryl methyl sites for hydroxylation is 1. The van der Waals surface area contributed by atoms with E-state index in [1.54, 1.807) is 7.11 Å². The highest BCUT2D eigenvalue weighted by molar-refractivity contribution is 5.91. The minimum Gasteiger partial charge on any atom is -0.497 e. The van der Waals surface area contributed by atoms with Crippen LogP contribution in [0.3, 0.4) is 0 Å². The minimum absolute atomic E-state index is 0.0301. The van der Waals surface area contributed by atoms with Crippen LogP contribution in [0.15, 0.2) is 18.2 Å². The average Bonchev–Trinajstić information content (AvgIpc) is 2.61. The van der Waals surface area contributed by atoms with E-state index < -0.39 is 12.6 Å². The third-order valence-electron chi connectivity index (χ3n) is 5.03. The molecular weight excluding hydrogens is 357 g/mol. The van der Waals surface area contributed by atoms with Crippen LogP contribution in [-0.4, -0.2) is 43.7 Å². The maximum Gasteiger partial charge on any atom is 0.389 e. The minimum atomic E-state index is -4.08. The number of ether oxygens (including phenoxy) is 1. The van der Waals surface area contributed by atoms with Gasteiger partial charge in [0.15, 0.2) is 0 Å². The van der Waals surface area contributed by atoms with Crippen molar-refractivity contribution < 1.29 is 22.7 Å². The second-order valence-electron chi connectivity index (χ2n) is 7.30. The molecule has 1 atom stereocenters. The second kappa shape index (κ2) is 9.97. The summed E-state index contributed by atoms with van der Waals surface area (Å²) in [5.41, 5.74) is 1.72. The van der Waals surface area contributed by atoms with Crippen LogP contribution in [0.25, 0.3) is 0 Å². The van der Waals surface area contributed by atoms with E-state index in [9.17, 15) is 18.0 Å². The lowest BCUT2D eigenvalue weighted by molar-refractivity contribution is -0.136. The van der Waals surface area contributed by atoms with E-state index in [2.05, 4.69) is 10.2 Å². The van der Waals surface area contributed by atoms with Gasteiger partial charge < -0.3 is 15.0 Å². The highest BCUT2D eigenvalue weighted by Crippen LogP contribution is 2.25. The Balaban J connectivity index is 1.73. The summed E-state index contributed by atoms with van der Waals surface area (Å²) >= 11 is 0. The smallest absolute Gasteiger partial charge is 0.389 e. The Labute approximate surface area is 159 Å². The van der Waals surface area contributed by atoms with Crippen LogP contribution in [0.5, 0.6) is 5.75 Å². The third kappa shape index (κ3) is 7.79. The molecule has 0 spiro atoms. The van der Waals surface area contributed by atoms with Crippen molar-refractivity contribution in [2.45, 2.75) is 51.6 Å². The number of piperidine rings is 1. The summed E-state index contributed by atoms with van der Waals surface area (Å²) in [4.78, 5) is 14.3. The first-order valence-corrected chi connectivity index (χ1v) is 9.50. The van der Waals surface area contributed by atoms with Crippen molar-refractivity contribution in [3.8, 4) is 5.75 Å². The van der Waals surface area contributed by atoms with E-state index in [1.807, 2.05) is 25.1 Å². The zero-order valence-corrected chi connectivity index (χ0v) is 16.1. The van der Waals surface area contributed by atoms with E-state index >= 15 is 0 Å². The van der Waals surface area contributed by atoms with Crippen molar-refractivity contribution in [2.75, 3.05) is 32.1 Å². The number of likely N-dealkylation sites (tertiary alicyclic amines) is 1. The molecule has 1 heterocycles. The zero-order valence-electron chi connectivity index (χ0n) is 16.1. The van der Waals surface area contributed by atoms with Gasteiger partial charge in [-0.15, -0.1) is 0 Å². The summed E-state index contributed by atoms with van der Waals surface area (Å²) in [5.74, 6) is 1.09. The van der Waals surface area contributed by atoms with E-state index in [1.165, 1.54) is 0 Å². The van der Waals surface area contributed by atoms with Gasteiger partial charge in [-0.3, -0.25) is 4.79 Å². The van der Waals surface area contributed by atoms with Crippen molar-refractivity contribution in [1.29, 1.82) is 0 Å². The molecule has 1 fully saturated rings. The number of nitrogens with zero attached hydrogens (tertiary/aromatic N) is 1. The SMILES string of the molecule is COc1ccc(NC(=O)CC[C@@H]2CCCN(CCCC(F)(F)F)C2)c(C)c1. The number of benzene rings is 1. The lowest BCUT2D eigenvalue weighted by atomic mass is 9.93. The van der Waals surface area contributed by atoms with Crippen molar-refractivity contribution >= 4 is 11.6 Å². The van der Waals surface area contributed by atoms with E-state index in [-0.39, 0.29) is 12.3 Å². The van der Waals surface area contributed by atoms with E-state index in [0.717, 1.165) is 49.4 Å². The highest BCUT2D eigenvalue weighted by atomic mass is 19.4. The Hall–Kier alpha value is -1.76. The first-order chi connectivity index (χ1) is 12.8. The Bertz CT molecular complexity index is 620. The molecule has 2 rings (SSSR count). The molecule has 0 bridgehead atoms. The van der Waals surface area contributed by atoms with Crippen molar-refractivity contribution in [2.24, 2.45) is 5.92 Å². The summed E-state index contributed by atoms with van der Waals surface area (Å²) in [6.45, 7) is 4.03. The Morgan fingerprint density at radius 3 is 2.81 bits per heavy atom. The number of nitrogens with one attached hydrogen (secondary N) is 1. The van der Waals surface area contributed by atoms with E-state index in [4.69, 9.17) is 4.74 Å². The number of alkyl halides is 3. The predicted octanol–water partition coefficient (Wildman–Crippen LogP) is 4.78. The summed E-state index contributed by atoms with van der Waals surface area (Å²) in [5, 5.41) is 2.93. The molecule has 1 aromatic carbocycles. The van der Waals surface area contributed by atoms with Crippen molar-refractivity contribution in [3.05, 3.63) is 23.8 Å². The van der Waals surface area contributed by atoms with Crippen LogP contribution in [0.1, 0.15) is 44.1 Å². The van der Waals surface area contributed by atoms with Gasteiger partial charge >= 0.3 is 6.18 Å². The number of carbonyl (C=O) groups excluding carboxylic acids is 1. The number of anilines is 1. The summed E-state index contributed by atoms with van der Waals surface area (Å²) in [6, 6.07) is 5.51. The topological polar surface area (TPSA) is 41.6 Å². The molecule has 1 N–H and O–H groups in total. The number of methoxy groups -OCH3 is 1. The second-order valence-corrected chi connectivity index (χ2v) is 7.30. The molecule has 27 heavy (non-hydrogen) atoms.